The molecule has 98 valence electrons. The number of rotatable bonds is 1. The average molecular weight is 273 g/mol. The topological polar surface area (TPSA) is 38.0 Å². The lowest BCUT2D eigenvalue weighted by Gasteiger charge is -2.49. The Labute approximate surface area is 119 Å². The lowest BCUT2D eigenvalue weighted by Crippen LogP contribution is -2.53. The second-order valence-electron chi connectivity index (χ2n) is 5.32. The highest BCUT2D eigenvalue weighted by molar-refractivity contribution is 5.85. The van der Waals surface area contributed by atoms with Gasteiger partial charge in [0.1, 0.15) is 0 Å². The van der Waals surface area contributed by atoms with Crippen molar-refractivity contribution in [1.82, 2.24) is 5.43 Å². The standard InChI is InChI=1S/C16H16N2.ClH/c17-18-16-10-9-11(12-5-1-3-7-14(12)16)13-6-2-4-8-15(13)16;/h1-8,11,18H,9-10,17H2;1H. The molecule has 0 unspecified atom stereocenters. The molecule has 0 amide bonds. The minimum Gasteiger partial charge on any atom is -0.270 e. The number of hydrogen-bond acceptors (Lipinski definition) is 2. The summed E-state index contributed by atoms with van der Waals surface area (Å²) < 4.78 is 0. The van der Waals surface area contributed by atoms with E-state index in [1.54, 1.807) is 0 Å². The van der Waals surface area contributed by atoms with Gasteiger partial charge in [0.25, 0.3) is 0 Å². The molecule has 3 N–H and O–H groups in total. The van der Waals surface area contributed by atoms with Gasteiger partial charge in [-0.15, -0.1) is 12.4 Å². The second-order valence-corrected chi connectivity index (χ2v) is 5.32. The monoisotopic (exact) mass is 272 g/mol. The summed E-state index contributed by atoms with van der Waals surface area (Å²) >= 11 is 0. The van der Waals surface area contributed by atoms with E-state index < -0.39 is 0 Å². The van der Waals surface area contributed by atoms with Crippen molar-refractivity contribution in [2.75, 3.05) is 0 Å². The van der Waals surface area contributed by atoms with Crippen LogP contribution in [-0.4, -0.2) is 0 Å². The normalized spacial score (nSPS) is 26.3. The summed E-state index contributed by atoms with van der Waals surface area (Å²) in [5.41, 5.74) is 8.56. The number of hydrogen-bond donors (Lipinski definition) is 2. The molecule has 5 rings (SSSR count). The van der Waals surface area contributed by atoms with Gasteiger partial charge in [0, 0.05) is 5.92 Å². The van der Waals surface area contributed by atoms with E-state index in [9.17, 15) is 0 Å². The maximum absolute atomic E-state index is 5.95. The first-order chi connectivity index (χ1) is 8.87. The fourth-order valence-corrected chi connectivity index (χ4v) is 3.86. The molecular weight excluding hydrogens is 256 g/mol. The van der Waals surface area contributed by atoms with Crippen LogP contribution in [-0.2, 0) is 5.54 Å². The van der Waals surface area contributed by atoms with Crippen LogP contribution in [0.5, 0.6) is 0 Å². The molecule has 0 heterocycles. The Morgan fingerprint density at radius 3 is 2.00 bits per heavy atom. The Morgan fingerprint density at radius 2 is 1.47 bits per heavy atom. The minimum absolute atomic E-state index is 0. The molecule has 0 spiro atoms. The van der Waals surface area contributed by atoms with Crippen molar-refractivity contribution in [3.63, 3.8) is 0 Å². The number of halogens is 1. The van der Waals surface area contributed by atoms with Crippen LogP contribution in [0.1, 0.15) is 41.0 Å². The summed E-state index contributed by atoms with van der Waals surface area (Å²) in [7, 11) is 0. The third-order valence-electron chi connectivity index (χ3n) is 4.65. The first-order valence-corrected chi connectivity index (χ1v) is 6.53. The van der Waals surface area contributed by atoms with Gasteiger partial charge >= 0.3 is 0 Å². The van der Waals surface area contributed by atoms with Gasteiger partial charge in [0.15, 0.2) is 0 Å². The van der Waals surface area contributed by atoms with Crippen LogP contribution < -0.4 is 11.3 Å². The molecule has 0 saturated heterocycles. The van der Waals surface area contributed by atoms with Crippen molar-refractivity contribution < 1.29 is 0 Å². The van der Waals surface area contributed by atoms with Gasteiger partial charge in [-0.3, -0.25) is 5.84 Å². The molecule has 2 bridgehead atoms. The van der Waals surface area contributed by atoms with Gasteiger partial charge in [-0.1, -0.05) is 48.5 Å². The van der Waals surface area contributed by atoms with Crippen molar-refractivity contribution in [2.45, 2.75) is 24.3 Å². The van der Waals surface area contributed by atoms with Crippen molar-refractivity contribution in [3.8, 4) is 0 Å². The lowest BCUT2D eigenvalue weighted by atomic mass is 9.60. The summed E-state index contributed by atoms with van der Waals surface area (Å²) in [5, 5.41) is 0. The highest BCUT2D eigenvalue weighted by Gasteiger charge is 2.47. The smallest absolute Gasteiger partial charge is 0.0824 e. The van der Waals surface area contributed by atoms with Crippen LogP contribution >= 0.6 is 12.4 Å². The maximum Gasteiger partial charge on any atom is 0.0824 e. The first-order valence-electron chi connectivity index (χ1n) is 6.53. The van der Waals surface area contributed by atoms with Crippen LogP contribution in [0.4, 0.5) is 0 Å². The van der Waals surface area contributed by atoms with E-state index in [0.29, 0.717) is 5.92 Å². The molecule has 2 aromatic carbocycles. The van der Waals surface area contributed by atoms with Gasteiger partial charge in [0.2, 0.25) is 0 Å². The number of nitrogens with two attached hydrogens (primary N) is 1. The fraction of sp³-hybridized carbons (Fsp3) is 0.250. The van der Waals surface area contributed by atoms with Gasteiger partial charge < -0.3 is 0 Å². The zero-order chi connectivity index (χ0) is 12.2. The predicted molar refractivity (Wildman–Crippen MR) is 79.3 cm³/mol. The third kappa shape index (κ3) is 1.45. The highest BCUT2D eigenvalue weighted by atomic mass is 35.5. The predicted octanol–water partition coefficient (Wildman–Crippen LogP) is 3.05. The molecule has 0 atom stereocenters. The molecule has 0 radical (unpaired) electrons. The maximum atomic E-state index is 5.95. The Balaban J connectivity index is 0.00000110. The Bertz CT molecular complexity index is 576. The van der Waals surface area contributed by atoms with E-state index in [0.717, 1.165) is 6.42 Å². The van der Waals surface area contributed by atoms with Crippen LogP contribution in [0, 0.1) is 0 Å². The van der Waals surface area contributed by atoms with E-state index in [1.807, 2.05) is 0 Å². The molecule has 3 aliphatic carbocycles. The number of benzene rings is 2. The average Bonchev–Trinajstić information content (AvgIpc) is 2.48. The van der Waals surface area contributed by atoms with Gasteiger partial charge in [0.05, 0.1) is 5.54 Å². The highest BCUT2D eigenvalue weighted by Crippen LogP contribution is 2.54. The van der Waals surface area contributed by atoms with Crippen LogP contribution in [0.3, 0.4) is 0 Å². The quantitative estimate of drug-likeness (QED) is 0.619. The van der Waals surface area contributed by atoms with Crippen LogP contribution in [0.25, 0.3) is 0 Å². The molecule has 2 aromatic rings. The van der Waals surface area contributed by atoms with Crippen molar-refractivity contribution in [2.24, 2.45) is 5.84 Å². The van der Waals surface area contributed by atoms with Gasteiger partial charge in [-0.25, -0.2) is 5.43 Å². The van der Waals surface area contributed by atoms with E-state index >= 15 is 0 Å². The molecule has 3 heteroatoms. The molecule has 19 heavy (non-hydrogen) atoms. The molecule has 0 fully saturated rings. The minimum atomic E-state index is -0.179. The van der Waals surface area contributed by atoms with E-state index in [1.165, 1.54) is 28.7 Å². The summed E-state index contributed by atoms with van der Waals surface area (Å²) in [6, 6.07) is 17.4. The Hall–Kier alpha value is -1.35. The largest absolute Gasteiger partial charge is 0.270 e. The first kappa shape index (κ1) is 12.7. The summed E-state index contributed by atoms with van der Waals surface area (Å²) in [6.07, 6.45) is 2.26. The summed E-state index contributed by atoms with van der Waals surface area (Å²) in [4.78, 5) is 0. The molecule has 3 aliphatic rings. The molecular formula is C16H17ClN2. The van der Waals surface area contributed by atoms with E-state index in [-0.39, 0.29) is 17.9 Å². The number of hydrazine groups is 1. The summed E-state index contributed by atoms with van der Waals surface area (Å²) in [5.74, 6) is 6.50. The van der Waals surface area contributed by atoms with E-state index in [2.05, 4.69) is 54.0 Å². The molecule has 0 aromatic heterocycles. The zero-order valence-electron chi connectivity index (χ0n) is 10.6. The van der Waals surface area contributed by atoms with Crippen molar-refractivity contribution in [1.29, 1.82) is 0 Å². The van der Waals surface area contributed by atoms with Crippen molar-refractivity contribution in [3.05, 3.63) is 70.8 Å². The number of nitrogens with one attached hydrogen (secondary N) is 1. The lowest BCUT2D eigenvalue weighted by molar-refractivity contribution is 0.309. The summed E-state index contributed by atoms with van der Waals surface area (Å²) in [6.45, 7) is 0. The zero-order valence-corrected chi connectivity index (χ0v) is 11.4. The number of fused-ring (bicyclic) bond motifs is 1. The second kappa shape index (κ2) is 4.34. The SMILES string of the molecule is Cl.NNC12CCC(c3ccccc31)c1ccccc12. The van der Waals surface area contributed by atoms with Crippen LogP contribution in [0.15, 0.2) is 48.5 Å². The Kier molecular flexibility index (Phi) is 2.90. The Morgan fingerprint density at radius 1 is 0.947 bits per heavy atom. The van der Waals surface area contributed by atoms with E-state index in [4.69, 9.17) is 5.84 Å². The molecule has 0 saturated carbocycles. The van der Waals surface area contributed by atoms with Crippen LogP contribution in [0.2, 0.25) is 0 Å². The fourth-order valence-electron chi connectivity index (χ4n) is 3.86. The molecule has 0 aliphatic heterocycles. The third-order valence-corrected chi connectivity index (χ3v) is 4.65. The molecule has 2 nitrogen and oxygen atoms in total. The van der Waals surface area contributed by atoms with Gasteiger partial charge in [-0.05, 0) is 35.1 Å². The van der Waals surface area contributed by atoms with Gasteiger partial charge in [-0.2, -0.15) is 0 Å². The van der Waals surface area contributed by atoms with Crippen molar-refractivity contribution >= 4 is 12.4 Å².